The van der Waals surface area contributed by atoms with Crippen molar-refractivity contribution >= 4 is 17.5 Å². The van der Waals surface area contributed by atoms with E-state index in [-0.39, 0.29) is 27.6 Å². The number of carbonyl (C=O) groups excluding carboxylic acids is 1. The zero-order chi connectivity index (χ0) is 26.5. The van der Waals surface area contributed by atoms with Crippen LogP contribution in [0.25, 0.3) is 11.1 Å². The predicted octanol–water partition coefficient (Wildman–Crippen LogP) is 7.15. The van der Waals surface area contributed by atoms with Gasteiger partial charge in [-0.1, -0.05) is 54.9 Å². The highest BCUT2D eigenvalue weighted by molar-refractivity contribution is 6.33. The van der Waals surface area contributed by atoms with Gasteiger partial charge in [0.2, 0.25) is 5.91 Å². The number of hydrogen-bond acceptors (Lipinski definition) is 3. The van der Waals surface area contributed by atoms with Crippen molar-refractivity contribution in [1.82, 2.24) is 5.32 Å². The maximum absolute atomic E-state index is 15.5. The topological polar surface area (TPSA) is 64.3 Å². The van der Waals surface area contributed by atoms with Gasteiger partial charge in [0.15, 0.2) is 11.6 Å². The van der Waals surface area contributed by atoms with Crippen molar-refractivity contribution in [1.29, 1.82) is 0 Å². The Bertz CT molecular complexity index is 1230. The monoisotopic (exact) mass is 530 g/mol. The van der Waals surface area contributed by atoms with Gasteiger partial charge in [-0.05, 0) is 67.0 Å². The normalized spacial score (nSPS) is 18.5. The van der Waals surface area contributed by atoms with Gasteiger partial charge in [-0.3, -0.25) is 4.79 Å². The van der Waals surface area contributed by atoms with Crippen molar-refractivity contribution in [3.63, 3.8) is 0 Å². The van der Waals surface area contributed by atoms with Crippen LogP contribution in [0.15, 0.2) is 60.7 Å². The molecule has 0 heterocycles. The maximum Gasteiger partial charge on any atom is 0.387 e. The number of amides is 1. The van der Waals surface area contributed by atoms with Crippen LogP contribution in [0.2, 0.25) is 5.02 Å². The first-order valence-corrected chi connectivity index (χ1v) is 12.8. The predicted molar refractivity (Wildman–Crippen MR) is 140 cm³/mol. The molecule has 4 nitrogen and oxygen atoms in total. The van der Waals surface area contributed by atoms with Gasteiger partial charge in [0.1, 0.15) is 0 Å². The van der Waals surface area contributed by atoms with Crippen LogP contribution in [0.4, 0.5) is 13.2 Å². The third kappa shape index (κ3) is 6.46. The Morgan fingerprint density at radius 2 is 1.76 bits per heavy atom. The lowest BCUT2D eigenvalue weighted by atomic mass is 9.85. The van der Waals surface area contributed by atoms with Crippen LogP contribution in [0.5, 0.6) is 5.75 Å². The molecule has 0 bridgehead atoms. The molecule has 0 radical (unpaired) electrons. The largest absolute Gasteiger partial charge is 0.432 e. The highest BCUT2D eigenvalue weighted by Gasteiger charge is 2.25. The summed E-state index contributed by atoms with van der Waals surface area (Å²) in [4.78, 5) is 12.1. The van der Waals surface area contributed by atoms with Crippen LogP contribution in [-0.2, 0) is 0 Å². The van der Waals surface area contributed by atoms with E-state index in [1.54, 1.807) is 12.1 Å². The van der Waals surface area contributed by atoms with Gasteiger partial charge in [0.25, 0.3) is 0 Å². The number of rotatable bonds is 9. The summed E-state index contributed by atoms with van der Waals surface area (Å²) in [5.41, 5.74) is 7.12. The molecule has 37 heavy (non-hydrogen) atoms. The molecule has 0 aliphatic heterocycles. The molecule has 1 aliphatic rings. The van der Waals surface area contributed by atoms with Gasteiger partial charge >= 0.3 is 6.61 Å². The Hall–Kier alpha value is -3.03. The van der Waals surface area contributed by atoms with Gasteiger partial charge in [-0.25, -0.2) is 4.39 Å². The molecular formula is C29H30ClF3N2O2. The standard InChI is InChI=1S/C29H30ClF3N2O2/c1-17-7-10-20(11-8-17)35-16-23(18-5-3-2-4-6-18)19-9-13-24(30)22(15-19)26-21(28(34)36)12-14-25(27(26)31)37-29(32)33/h2-6,9,12-15,17,20,23,29,35H,7-8,10-11,16H2,1H3,(H2,34,36). The number of alkyl halides is 2. The molecule has 8 heteroatoms. The quantitative estimate of drug-likeness (QED) is 0.309. The molecule has 1 unspecified atom stereocenters. The summed E-state index contributed by atoms with van der Waals surface area (Å²) in [5, 5.41) is 3.85. The van der Waals surface area contributed by atoms with E-state index in [1.165, 1.54) is 18.9 Å². The second kappa shape index (κ2) is 12.0. The fourth-order valence-corrected chi connectivity index (χ4v) is 5.24. The summed E-state index contributed by atoms with van der Waals surface area (Å²) in [6, 6.07) is 17.6. The van der Waals surface area contributed by atoms with E-state index in [9.17, 15) is 13.6 Å². The first-order valence-electron chi connectivity index (χ1n) is 12.4. The van der Waals surface area contributed by atoms with Crippen molar-refractivity contribution in [2.45, 2.75) is 51.2 Å². The van der Waals surface area contributed by atoms with E-state index in [1.807, 2.05) is 36.4 Å². The van der Waals surface area contributed by atoms with Crippen molar-refractivity contribution in [2.75, 3.05) is 6.54 Å². The minimum absolute atomic E-state index is 0.0999. The fraction of sp³-hybridized carbons (Fsp3) is 0.345. The lowest BCUT2D eigenvalue weighted by molar-refractivity contribution is -0.0521. The van der Waals surface area contributed by atoms with Crippen LogP contribution in [0.3, 0.4) is 0 Å². The first-order chi connectivity index (χ1) is 17.7. The molecule has 3 N–H and O–H groups in total. The Kier molecular flexibility index (Phi) is 8.77. The van der Waals surface area contributed by atoms with Crippen molar-refractivity contribution in [3.8, 4) is 16.9 Å². The lowest BCUT2D eigenvalue weighted by Gasteiger charge is -2.29. The zero-order valence-electron chi connectivity index (χ0n) is 20.5. The number of benzene rings is 3. The molecule has 4 rings (SSSR count). The number of nitrogens with two attached hydrogens (primary N) is 1. The highest BCUT2D eigenvalue weighted by Crippen LogP contribution is 2.39. The summed E-state index contributed by atoms with van der Waals surface area (Å²) in [6.07, 6.45) is 4.59. The van der Waals surface area contributed by atoms with Crippen molar-refractivity contribution < 1.29 is 22.7 Å². The Morgan fingerprint density at radius 1 is 1.05 bits per heavy atom. The Balaban J connectivity index is 1.75. The summed E-state index contributed by atoms with van der Waals surface area (Å²) in [6.45, 7) is -0.317. The molecule has 1 amide bonds. The summed E-state index contributed by atoms with van der Waals surface area (Å²) < 4.78 is 45.5. The molecule has 0 spiro atoms. The van der Waals surface area contributed by atoms with E-state index in [4.69, 9.17) is 17.3 Å². The van der Waals surface area contributed by atoms with Crippen LogP contribution in [-0.4, -0.2) is 25.1 Å². The lowest BCUT2D eigenvalue weighted by Crippen LogP contribution is -2.35. The first kappa shape index (κ1) is 27.0. The summed E-state index contributed by atoms with van der Waals surface area (Å²) >= 11 is 6.48. The molecular weight excluding hydrogens is 501 g/mol. The maximum atomic E-state index is 15.5. The van der Waals surface area contributed by atoms with Crippen molar-refractivity contribution in [3.05, 3.63) is 88.2 Å². The third-order valence-electron chi connectivity index (χ3n) is 7.08. The molecule has 0 saturated heterocycles. The van der Waals surface area contributed by atoms with Gasteiger partial charge in [0, 0.05) is 34.7 Å². The van der Waals surface area contributed by atoms with E-state index in [0.717, 1.165) is 36.0 Å². The Morgan fingerprint density at radius 3 is 2.41 bits per heavy atom. The smallest absolute Gasteiger partial charge is 0.387 e. The van der Waals surface area contributed by atoms with E-state index >= 15 is 4.39 Å². The molecule has 1 fully saturated rings. The average Bonchev–Trinajstić information content (AvgIpc) is 2.87. The van der Waals surface area contributed by atoms with Gasteiger partial charge in [-0.2, -0.15) is 8.78 Å². The third-order valence-corrected chi connectivity index (χ3v) is 7.41. The number of primary amides is 1. The van der Waals surface area contributed by atoms with E-state index < -0.39 is 24.1 Å². The number of nitrogens with one attached hydrogen (secondary N) is 1. The molecule has 1 saturated carbocycles. The average molecular weight is 531 g/mol. The number of ether oxygens (including phenoxy) is 1. The highest BCUT2D eigenvalue weighted by atomic mass is 35.5. The van der Waals surface area contributed by atoms with Gasteiger partial charge in [0.05, 0.1) is 5.56 Å². The Labute approximate surface area is 220 Å². The van der Waals surface area contributed by atoms with Gasteiger partial charge < -0.3 is 15.8 Å². The van der Waals surface area contributed by atoms with Gasteiger partial charge in [-0.15, -0.1) is 0 Å². The minimum atomic E-state index is -3.24. The molecule has 3 aromatic carbocycles. The summed E-state index contributed by atoms with van der Waals surface area (Å²) in [5.74, 6) is -2.09. The minimum Gasteiger partial charge on any atom is -0.432 e. The number of carbonyl (C=O) groups is 1. The summed E-state index contributed by atoms with van der Waals surface area (Å²) in [7, 11) is 0. The molecule has 3 aromatic rings. The molecule has 196 valence electrons. The number of halogens is 4. The van der Waals surface area contributed by atoms with Crippen molar-refractivity contribution in [2.24, 2.45) is 11.7 Å². The molecule has 1 aliphatic carbocycles. The molecule has 0 aromatic heterocycles. The number of hydrogen-bond donors (Lipinski definition) is 2. The second-order valence-electron chi connectivity index (χ2n) is 9.61. The molecule has 1 atom stereocenters. The van der Waals surface area contributed by atoms with Crippen LogP contribution < -0.4 is 15.8 Å². The van der Waals surface area contributed by atoms with E-state index in [2.05, 4.69) is 17.0 Å². The van der Waals surface area contributed by atoms with Crippen LogP contribution >= 0.6 is 11.6 Å². The van der Waals surface area contributed by atoms with Crippen LogP contribution in [0.1, 0.15) is 60.0 Å². The SMILES string of the molecule is CC1CCC(NCC(c2ccccc2)c2ccc(Cl)c(-c3c(C(N)=O)ccc(OC(F)F)c3F)c2)CC1. The van der Waals surface area contributed by atoms with Crippen LogP contribution in [0, 0.1) is 11.7 Å². The van der Waals surface area contributed by atoms with E-state index in [0.29, 0.717) is 12.6 Å². The fourth-order valence-electron chi connectivity index (χ4n) is 5.03. The zero-order valence-corrected chi connectivity index (χ0v) is 21.3. The second-order valence-corrected chi connectivity index (χ2v) is 10.0.